The van der Waals surface area contributed by atoms with Crippen molar-refractivity contribution in [3.05, 3.63) is 39.9 Å². The molecule has 9 nitrogen and oxygen atoms in total. The summed E-state index contributed by atoms with van der Waals surface area (Å²) in [6.07, 6.45) is -0.622. The van der Waals surface area contributed by atoms with E-state index in [1.807, 2.05) is 0 Å². The van der Waals surface area contributed by atoms with Crippen molar-refractivity contribution >= 4 is 17.7 Å². The van der Waals surface area contributed by atoms with Crippen LogP contribution in [0.4, 0.5) is 10.5 Å². The van der Waals surface area contributed by atoms with E-state index in [0.717, 1.165) is 0 Å². The molecule has 0 aliphatic carbocycles. The summed E-state index contributed by atoms with van der Waals surface area (Å²) in [5, 5.41) is 16.3. The van der Waals surface area contributed by atoms with Crippen LogP contribution in [0.25, 0.3) is 0 Å². The number of hydrogen-bond acceptors (Lipinski definition) is 7. The average molecular weight is 353 g/mol. The van der Waals surface area contributed by atoms with Crippen molar-refractivity contribution in [1.29, 1.82) is 0 Å². The highest BCUT2D eigenvalue weighted by Crippen LogP contribution is 2.26. The topological polar surface area (TPSA) is 120 Å². The summed E-state index contributed by atoms with van der Waals surface area (Å²) in [6.45, 7) is 4.54. The third kappa shape index (κ3) is 7.62. The average Bonchev–Trinajstić information content (AvgIpc) is 2.59. The molecule has 0 spiro atoms. The molecule has 0 fully saturated rings. The Morgan fingerprint density at radius 3 is 2.64 bits per heavy atom. The minimum atomic E-state index is -0.622. The lowest BCUT2D eigenvalue weighted by Crippen LogP contribution is -2.35. The molecule has 0 bridgehead atoms. The van der Waals surface area contributed by atoms with Gasteiger partial charge in [-0.25, -0.2) is 4.79 Å². The van der Waals surface area contributed by atoms with Crippen LogP contribution in [-0.2, 0) is 14.3 Å². The lowest BCUT2D eigenvalue weighted by molar-refractivity contribution is -0.385. The molecule has 1 unspecified atom stereocenters. The van der Waals surface area contributed by atoms with Crippen LogP contribution in [0.5, 0.6) is 0 Å². The van der Waals surface area contributed by atoms with Crippen LogP contribution in [0, 0.1) is 10.1 Å². The number of carbonyl (C=O) groups excluding carboxylic acids is 2. The molecule has 0 saturated carbocycles. The minimum Gasteiger partial charge on any atom is -0.465 e. The fourth-order valence-corrected chi connectivity index (χ4v) is 2.07. The molecule has 1 aromatic carbocycles. The number of ether oxygens (including phenoxy) is 2. The standard InChI is InChI=1S/C16H23N3O6/c1-3-24-15(20)10-17-8-9-18-16(21)25-11-12(2)13-6-4-5-7-14(13)19(22)23/h4-7,12,17H,3,8-11H2,1-2H3,(H,18,21). The smallest absolute Gasteiger partial charge is 0.407 e. The van der Waals surface area contributed by atoms with Crippen LogP contribution in [0.3, 0.4) is 0 Å². The van der Waals surface area contributed by atoms with Crippen LogP contribution in [-0.4, -0.2) is 49.8 Å². The molecule has 25 heavy (non-hydrogen) atoms. The quantitative estimate of drug-likeness (QED) is 0.283. The first-order valence-corrected chi connectivity index (χ1v) is 7.96. The third-order valence-corrected chi connectivity index (χ3v) is 3.27. The molecule has 9 heteroatoms. The molecule has 0 radical (unpaired) electrons. The molecule has 1 amide bonds. The van der Waals surface area contributed by atoms with E-state index in [4.69, 9.17) is 9.47 Å². The van der Waals surface area contributed by atoms with Crippen LogP contribution in [0.15, 0.2) is 24.3 Å². The second kappa shape index (κ2) is 11.0. The number of hydrogen-bond donors (Lipinski definition) is 2. The van der Waals surface area contributed by atoms with Gasteiger partial charge in [-0.3, -0.25) is 14.9 Å². The van der Waals surface area contributed by atoms with Crippen molar-refractivity contribution in [3.63, 3.8) is 0 Å². The van der Waals surface area contributed by atoms with Crippen molar-refractivity contribution < 1.29 is 24.0 Å². The predicted octanol–water partition coefficient (Wildman–Crippen LogP) is 1.58. The van der Waals surface area contributed by atoms with Crippen LogP contribution < -0.4 is 10.6 Å². The first-order valence-electron chi connectivity index (χ1n) is 7.96. The first kappa shape index (κ1) is 20.4. The maximum absolute atomic E-state index is 11.6. The van der Waals surface area contributed by atoms with Gasteiger partial charge in [0.1, 0.15) is 6.61 Å². The van der Waals surface area contributed by atoms with Gasteiger partial charge in [0.05, 0.1) is 18.1 Å². The summed E-state index contributed by atoms with van der Waals surface area (Å²) < 4.78 is 9.81. The van der Waals surface area contributed by atoms with E-state index in [1.165, 1.54) is 6.07 Å². The van der Waals surface area contributed by atoms with Gasteiger partial charge in [0, 0.05) is 30.6 Å². The van der Waals surface area contributed by atoms with E-state index < -0.39 is 11.0 Å². The van der Waals surface area contributed by atoms with E-state index in [1.54, 1.807) is 32.0 Å². The zero-order valence-corrected chi connectivity index (χ0v) is 14.3. The number of nitro benzene ring substituents is 1. The van der Waals surface area contributed by atoms with E-state index in [2.05, 4.69) is 10.6 Å². The fraction of sp³-hybridized carbons (Fsp3) is 0.500. The monoisotopic (exact) mass is 353 g/mol. The molecule has 0 heterocycles. The number of nitro groups is 1. The molecule has 1 rings (SSSR count). The van der Waals surface area contributed by atoms with Gasteiger partial charge in [-0.2, -0.15) is 0 Å². The molecular weight excluding hydrogens is 330 g/mol. The highest BCUT2D eigenvalue weighted by molar-refractivity contribution is 5.71. The number of alkyl carbamates (subject to hydrolysis) is 1. The summed E-state index contributed by atoms with van der Waals surface area (Å²) in [4.78, 5) is 33.2. The summed E-state index contributed by atoms with van der Waals surface area (Å²) >= 11 is 0. The number of nitrogens with zero attached hydrogens (tertiary/aromatic N) is 1. The van der Waals surface area contributed by atoms with Crippen LogP contribution >= 0.6 is 0 Å². The SMILES string of the molecule is CCOC(=O)CNCCNC(=O)OCC(C)c1ccccc1[N+](=O)[O-]. The fourth-order valence-electron chi connectivity index (χ4n) is 2.07. The van der Waals surface area contributed by atoms with Crippen molar-refractivity contribution in [2.45, 2.75) is 19.8 Å². The van der Waals surface area contributed by atoms with Gasteiger partial charge in [0.2, 0.25) is 0 Å². The summed E-state index contributed by atoms with van der Waals surface area (Å²) in [7, 11) is 0. The predicted molar refractivity (Wildman–Crippen MR) is 90.4 cm³/mol. The second-order valence-corrected chi connectivity index (χ2v) is 5.22. The maximum atomic E-state index is 11.6. The van der Waals surface area contributed by atoms with Gasteiger partial charge in [0.25, 0.3) is 5.69 Å². The van der Waals surface area contributed by atoms with Crippen molar-refractivity contribution in [2.24, 2.45) is 0 Å². The first-order chi connectivity index (χ1) is 12.0. The maximum Gasteiger partial charge on any atom is 0.407 e. The minimum absolute atomic E-state index is 0.00201. The number of rotatable bonds is 10. The Kier molecular flexibility index (Phi) is 8.94. The van der Waals surface area contributed by atoms with Gasteiger partial charge in [0.15, 0.2) is 0 Å². The Morgan fingerprint density at radius 1 is 1.24 bits per heavy atom. The van der Waals surface area contributed by atoms with E-state index in [-0.39, 0.29) is 37.3 Å². The number of para-hydroxylation sites is 1. The molecular formula is C16H23N3O6. The zero-order chi connectivity index (χ0) is 18.7. The van der Waals surface area contributed by atoms with Gasteiger partial charge in [-0.05, 0) is 6.92 Å². The number of benzene rings is 1. The van der Waals surface area contributed by atoms with Gasteiger partial charge in [-0.1, -0.05) is 25.1 Å². The van der Waals surface area contributed by atoms with Gasteiger partial charge < -0.3 is 20.1 Å². The molecule has 0 aliphatic heterocycles. The Bertz CT molecular complexity index is 593. The molecule has 138 valence electrons. The number of amides is 1. The number of carbonyl (C=O) groups is 2. The molecule has 0 aliphatic rings. The Balaban J connectivity index is 2.28. The van der Waals surface area contributed by atoms with Crippen molar-refractivity contribution in [1.82, 2.24) is 10.6 Å². The third-order valence-electron chi connectivity index (χ3n) is 3.27. The molecule has 1 aromatic rings. The number of nitrogens with one attached hydrogen (secondary N) is 2. The summed E-state index contributed by atoms with van der Waals surface area (Å²) in [5.41, 5.74) is 0.513. The Morgan fingerprint density at radius 2 is 1.96 bits per heavy atom. The molecule has 0 aromatic heterocycles. The van der Waals surface area contributed by atoms with Gasteiger partial charge in [-0.15, -0.1) is 0 Å². The van der Waals surface area contributed by atoms with Gasteiger partial charge >= 0.3 is 12.1 Å². The largest absolute Gasteiger partial charge is 0.465 e. The van der Waals surface area contributed by atoms with E-state index in [9.17, 15) is 19.7 Å². The highest BCUT2D eigenvalue weighted by Gasteiger charge is 2.19. The normalized spacial score (nSPS) is 11.4. The van der Waals surface area contributed by atoms with Crippen LogP contribution in [0.1, 0.15) is 25.3 Å². The van der Waals surface area contributed by atoms with E-state index >= 15 is 0 Å². The molecule has 1 atom stereocenters. The summed E-state index contributed by atoms with van der Waals surface area (Å²) in [5.74, 6) is -0.669. The lowest BCUT2D eigenvalue weighted by atomic mass is 10.0. The van der Waals surface area contributed by atoms with Crippen molar-refractivity contribution in [3.8, 4) is 0 Å². The second-order valence-electron chi connectivity index (χ2n) is 5.22. The zero-order valence-electron chi connectivity index (χ0n) is 14.3. The van der Waals surface area contributed by atoms with E-state index in [0.29, 0.717) is 18.7 Å². The van der Waals surface area contributed by atoms with Crippen molar-refractivity contribution in [2.75, 3.05) is 32.8 Å². The Hall–Kier alpha value is -2.68. The Labute approximate surface area is 145 Å². The lowest BCUT2D eigenvalue weighted by Gasteiger charge is -2.13. The summed E-state index contributed by atoms with van der Waals surface area (Å²) in [6, 6.07) is 6.35. The number of esters is 1. The molecule has 2 N–H and O–H groups in total. The molecule has 0 saturated heterocycles. The highest BCUT2D eigenvalue weighted by atomic mass is 16.6. The van der Waals surface area contributed by atoms with Crippen LogP contribution in [0.2, 0.25) is 0 Å².